The minimum absolute atomic E-state index is 0.0163. The molecule has 0 unspecified atom stereocenters. The lowest BCUT2D eigenvalue weighted by molar-refractivity contribution is -0.0262. The summed E-state index contributed by atoms with van der Waals surface area (Å²) < 4.78 is 11.3. The van der Waals surface area contributed by atoms with E-state index < -0.39 is 0 Å². The fourth-order valence-corrected chi connectivity index (χ4v) is 2.60. The lowest BCUT2D eigenvalue weighted by atomic mass is 9.93. The van der Waals surface area contributed by atoms with Crippen molar-refractivity contribution in [2.24, 2.45) is 0 Å². The van der Waals surface area contributed by atoms with Crippen LogP contribution in [0.1, 0.15) is 11.5 Å². The molecule has 2 atom stereocenters. The maximum Gasteiger partial charge on any atom is 0.0889 e. The largest absolute Gasteiger partial charge is 0.394 e. The Balaban J connectivity index is 2.12. The Morgan fingerprint density at radius 1 is 1.35 bits per heavy atom. The normalized spacial score (nSPS) is 23.6. The van der Waals surface area contributed by atoms with Crippen molar-refractivity contribution in [1.82, 2.24) is 5.32 Å². The molecule has 20 heavy (non-hydrogen) atoms. The van der Waals surface area contributed by atoms with Gasteiger partial charge in [-0.2, -0.15) is 0 Å². The molecule has 0 bridgehead atoms. The molecular formula is C14H19Cl2NO3. The Labute approximate surface area is 129 Å². The van der Waals surface area contributed by atoms with E-state index in [-0.39, 0.29) is 18.6 Å². The summed E-state index contributed by atoms with van der Waals surface area (Å²) in [5.41, 5.74) is 1.08. The van der Waals surface area contributed by atoms with E-state index in [1.807, 2.05) is 12.1 Å². The first kappa shape index (κ1) is 16.0. The second-order valence-corrected chi connectivity index (χ2v) is 5.51. The number of halogens is 2. The van der Waals surface area contributed by atoms with Gasteiger partial charge < -0.3 is 19.9 Å². The van der Waals surface area contributed by atoms with Crippen molar-refractivity contribution >= 4 is 23.2 Å². The molecule has 2 rings (SSSR count). The zero-order valence-electron chi connectivity index (χ0n) is 11.1. The van der Waals surface area contributed by atoms with E-state index >= 15 is 0 Å². The molecule has 1 fully saturated rings. The van der Waals surface area contributed by atoms with Crippen LogP contribution in [0.3, 0.4) is 0 Å². The van der Waals surface area contributed by atoms with E-state index in [4.69, 9.17) is 37.8 Å². The minimum Gasteiger partial charge on any atom is -0.394 e. The minimum atomic E-state index is -0.0613. The molecule has 1 aliphatic heterocycles. The van der Waals surface area contributed by atoms with Crippen molar-refractivity contribution in [1.29, 1.82) is 0 Å². The quantitative estimate of drug-likeness (QED) is 0.816. The van der Waals surface area contributed by atoms with Crippen molar-refractivity contribution in [3.8, 4) is 0 Å². The molecule has 0 amide bonds. The molecule has 2 N–H and O–H groups in total. The second-order valence-electron chi connectivity index (χ2n) is 4.69. The number of benzene rings is 1. The first-order valence-corrected chi connectivity index (χ1v) is 7.44. The molecule has 1 saturated heterocycles. The summed E-state index contributed by atoms with van der Waals surface area (Å²) >= 11 is 12.1. The van der Waals surface area contributed by atoms with E-state index in [1.165, 1.54) is 0 Å². The lowest BCUT2D eigenvalue weighted by Gasteiger charge is -2.25. The molecule has 0 radical (unpaired) electrons. The van der Waals surface area contributed by atoms with Crippen molar-refractivity contribution in [2.75, 3.05) is 39.5 Å². The number of aliphatic hydroxyl groups excluding tert-OH is 1. The first-order chi connectivity index (χ1) is 9.72. The van der Waals surface area contributed by atoms with E-state index in [0.717, 1.165) is 18.7 Å². The van der Waals surface area contributed by atoms with Crippen LogP contribution in [0.15, 0.2) is 18.2 Å². The summed E-state index contributed by atoms with van der Waals surface area (Å²) in [5, 5.41) is 13.2. The third-order valence-corrected chi connectivity index (χ3v) is 4.05. The van der Waals surface area contributed by atoms with Gasteiger partial charge in [-0.3, -0.25) is 0 Å². The van der Waals surface area contributed by atoms with Crippen LogP contribution in [0.4, 0.5) is 0 Å². The van der Waals surface area contributed by atoms with Gasteiger partial charge in [-0.15, -0.1) is 0 Å². The number of hydrogen-bond acceptors (Lipinski definition) is 4. The second kappa shape index (κ2) is 8.17. The number of rotatable bonds is 5. The molecule has 0 aromatic heterocycles. The van der Waals surface area contributed by atoms with Gasteiger partial charge in [0.05, 0.1) is 42.6 Å². The van der Waals surface area contributed by atoms with Crippen LogP contribution in [-0.2, 0) is 9.47 Å². The van der Waals surface area contributed by atoms with Crippen LogP contribution < -0.4 is 5.32 Å². The first-order valence-electron chi connectivity index (χ1n) is 6.68. The summed E-state index contributed by atoms with van der Waals surface area (Å²) in [6.45, 7) is 3.04. The summed E-state index contributed by atoms with van der Waals surface area (Å²) in [6.07, 6.45) is -0.0613. The van der Waals surface area contributed by atoms with Gasteiger partial charge >= 0.3 is 0 Å². The third kappa shape index (κ3) is 4.32. The molecule has 1 aliphatic rings. The van der Waals surface area contributed by atoms with Crippen LogP contribution in [0.5, 0.6) is 0 Å². The molecule has 1 heterocycles. The Hall–Kier alpha value is -0.360. The van der Waals surface area contributed by atoms with Crippen molar-refractivity contribution in [2.45, 2.75) is 12.0 Å². The van der Waals surface area contributed by atoms with Crippen LogP contribution in [0, 0.1) is 0 Å². The predicted octanol–water partition coefficient (Wildman–Crippen LogP) is 2.07. The third-order valence-electron chi connectivity index (χ3n) is 3.31. The van der Waals surface area contributed by atoms with E-state index in [9.17, 15) is 0 Å². The average Bonchev–Trinajstić information content (AvgIpc) is 2.68. The molecule has 0 aliphatic carbocycles. The van der Waals surface area contributed by atoms with Gasteiger partial charge in [0.1, 0.15) is 0 Å². The fourth-order valence-electron chi connectivity index (χ4n) is 2.29. The smallest absolute Gasteiger partial charge is 0.0889 e. The van der Waals surface area contributed by atoms with Gasteiger partial charge in [0.15, 0.2) is 0 Å². The molecule has 6 heteroatoms. The predicted molar refractivity (Wildman–Crippen MR) is 79.7 cm³/mol. The summed E-state index contributed by atoms with van der Waals surface area (Å²) in [4.78, 5) is 0. The van der Waals surface area contributed by atoms with Crippen LogP contribution in [0.25, 0.3) is 0 Å². The number of nitrogens with one attached hydrogen (secondary N) is 1. The highest BCUT2D eigenvalue weighted by Crippen LogP contribution is 2.29. The lowest BCUT2D eigenvalue weighted by Crippen LogP contribution is -2.31. The maximum atomic E-state index is 8.79. The number of aliphatic hydroxyl groups is 1. The summed E-state index contributed by atoms with van der Waals surface area (Å²) in [6, 6.07) is 5.65. The summed E-state index contributed by atoms with van der Waals surface area (Å²) in [7, 11) is 0. The van der Waals surface area contributed by atoms with Gasteiger partial charge in [0.2, 0.25) is 0 Å². The van der Waals surface area contributed by atoms with E-state index in [1.54, 1.807) is 6.07 Å². The zero-order chi connectivity index (χ0) is 14.4. The summed E-state index contributed by atoms with van der Waals surface area (Å²) in [5.74, 6) is 0.144. The zero-order valence-corrected chi connectivity index (χ0v) is 12.7. The van der Waals surface area contributed by atoms with Gasteiger partial charge in [-0.1, -0.05) is 29.3 Å². The van der Waals surface area contributed by atoms with E-state index in [2.05, 4.69) is 5.32 Å². The Morgan fingerprint density at radius 3 is 2.95 bits per heavy atom. The Bertz CT molecular complexity index is 431. The highest BCUT2D eigenvalue weighted by Gasteiger charge is 2.26. The van der Waals surface area contributed by atoms with Crippen LogP contribution >= 0.6 is 23.2 Å². The van der Waals surface area contributed by atoms with Crippen LogP contribution in [-0.4, -0.2) is 50.7 Å². The highest BCUT2D eigenvalue weighted by atomic mass is 35.5. The molecule has 1 aromatic carbocycles. The maximum absolute atomic E-state index is 8.79. The number of hydrogen-bond donors (Lipinski definition) is 2. The molecule has 0 saturated carbocycles. The molecular weight excluding hydrogens is 301 g/mol. The van der Waals surface area contributed by atoms with Gasteiger partial charge in [0.25, 0.3) is 0 Å². The van der Waals surface area contributed by atoms with Crippen LogP contribution in [0.2, 0.25) is 10.0 Å². The number of ether oxygens (including phenoxy) is 2. The standard InChI is InChI=1S/C14H19Cl2NO3/c15-12-2-1-10(7-13(12)16)11-8-17-3-5-20-14(11)9-19-6-4-18/h1-2,7,11,14,17-18H,3-6,8-9H2/t11-,14-/m0/s1. The monoisotopic (exact) mass is 319 g/mol. The topological polar surface area (TPSA) is 50.7 Å². The van der Waals surface area contributed by atoms with E-state index in [0.29, 0.717) is 29.9 Å². The Kier molecular flexibility index (Phi) is 6.55. The van der Waals surface area contributed by atoms with Crippen molar-refractivity contribution in [3.05, 3.63) is 33.8 Å². The molecule has 112 valence electrons. The fraction of sp³-hybridized carbons (Fsp3) is 0.571. The van der Waals surface area contributed by atoms with Gasteiger partial charge in [-0.25, -0.2) is 0 Å². The Morgan fingerprint density at radius 2 is 2.20 bits per heavy atom. The molecule has 1 aromatic rings. The van der Waals surface area contributed by atoms with Crippen molar-refractivity contribution < 1.29 is 14.6 Å². The molecule has 4 nitrogen and oxygen atoms in total. The van der Waals surface area contributed by atoms with Crippen molar-refractivity contribution in [3.63, 3.8) is 0 Å². The van der Waals surface area contributed by atoms with Gasteiger partial charge in [-0.05, 0) is 17.7 Å². The average molecular weight is 320 g/mol. The molecule has 0 spiro atoms. The van der Waals surface area contributed by atoms with Gasteiger partial charge in [0, 0.05) is 19.0 Å². The highest BCUT2D eigenvalue weighted by molar-refractivity contribution is 6.42. The SMILES string of the molecule is OCCOC[C@@H]1OCCNC[C@H]1c1ccc(Cl)c(Cl)c1.